The zero-order chi connectivity index (χ0) is 22.8. The highest BCUT2D eigenvalue weighted by molar-refractivity contribution is 6.20. The second-order valence-electron chi connectivity index (χ2n) is 8.10. The molecule has 0 spiro atoms. The minimum Gasteiger partial charge on any atom is -0.491 e. The van der Waals surface area contributed by atoms with Crippen LogP contribution in [0.1, 0.15) is 22.3 Å². The molecule has 0 unspecified atom stereocenters. The number of fused-ring (bicyclic) bond motifs is 3. The second-order valence-corrected chi connectivity index (χ2v) is 8.10. The summed E-state index contributed by atoms with van der Waals surface area (Å²) in [6.07, 6.45) is 3.69. The van der Waals surface area contributed by atoms with E-state index in [1.54, 1.807) is 25.4 Å². The van der Waals surface area contributed by atoms with Crippen molar-refractivity contribution in [2.24, 2.45) is 9.98 Å². The molecule has 1 aromatic carbocycles. The Balaban J connectivity index is 1.41. The summed E-state index contributed by atoms with van der Waals surface area (Å²) in [4.78, 5) is 30.1. The predicted octanol–water partition coefficient (Wildman–Crippen LogP) is 1.03. The molecular weight excluding hydrogens is 424 g/mol. The summed E-state index contributed by atoms with van der Waals surface area (Å²) in [7, 11) is 1.55. The number of guanidine groups is 1. The molecule has 5 rings (SSSR count). The van der Waals surface area contributed by atoms with E-state index < -0.39 is 6.10 Å². The van der Waals surface area contributed by atoms with Gasteiger partial charge in [-0.2, -0.15) is 0 Å². The fraction of sp³-hybridized carbons (Fsp3) is 0.391. The van der Waals surface area contributed by atoms with Gasteiger partial charge in [0.05, 0.1) is 19.2 Å². The highest BCUT2D eigenvalue weighted by Gasteiger charge is 2.33. The lowest BCUT2D eigenvalue weighted by atomic mass is 10.1. The first kappa shape index (κ1) is 21.4. The zero-order valence-corrected chi connectivity index (χ0v) is 18.4. The SMILES string of the molecule is COc1c(OC[C@@H](O)CN2CCC2)ccc2c1N=C(NC(=O)c1cccnc1)N1CCN=C21. The van der Waals surface area contributed by atoms with Crippen LogP contribution in [-0.4, -0.2) is 90.1 Å². The number of pyridine rings is 1. The number of aliphatic imine (C=N–C) groups is 2. The van der Waals surface area contributed by atoms with Crippen LogP contribution in [0.3, 0.4) is 0 Å². The lowest BCUT2D eigenvalue weighted by Gasteiger charge is -2.32. The minimum atomic E-state index is -0.599. The largest absolute Gasteiger partial charge is 0.491 e. The Labute approximate surface area is 191 Å². The van der Waals surface area contributed by atoms with E-state index in [1.807, 2.05) is 17.0 Å². The first-order chi connectivity index (χ1) is 16.1. The van der Waals surface area contributed by atoms with E-state index in [0.717, 1.165) is 24.5 Å². The van der Waals surface area contributed by atoms with Crippen LogP contribution in [0, 0.1) is 0 Å². The van der Waals surface area contributed by atoms with Gasteiger partial charge in [-0.05, 0) is 43.8 Å². The van der Waals surface area contributed by atoms with Crippen LogP contribution >= 0.6 is 0 Å². The summed E-state index contributed by atoms with van der Waals surface area (Å²) in [5.74, 6) is 1.71. The summed E-state index contributed by atoms with van der Waals surface area (Å²) < 4.78 is 11.6. The smallest absolute Gasteiger partial charge is 0.259 e. The van der Waals surface area contributed by atoms with Gasteiger partial charge in [-0.1, -0.05) is 0 Å². The normalized spacial score (nSPS) is 17.8. The number of aliphatic hydroxyl groups excluding tert-OH is 1. The van der Waals surface area contributed by atoms with Crippen LogP contribution in [0.2, 0.25) is 0 Å². The standard InChI is InChI=1S/C23H26N6O4/c1-32-20-18(33-14-16(30)13-28-9-3-10-28)6-5-17-19(20)26-23(29-11-8-25-21(17)29)27-22(31)15-4-2-7-24-12-15/h2,4-7,12,16,30H,3,8-11,13-14H2,1H3,(H,26,27,31)/t16-/m0/s1. The van der Waals surface area contributed by atoms with Gasteiger partial charge in [0.2, 0.25) is 5.96 Å². The van der Waals surface area contributed by atoms with Crippen molar-refractivity contribution in [3.63, 3.8) is 0 Å². The molecule has 3 aliphatic heterocycles. The van der Waals surface area contributed by atoms with Crippen molar-refractivity contribution in [3.8, 4) is 11.5 Å². The molecule has 172 valence electrons. The van der Waals surface area contributed by atoms with Gasteiger partial charge in [-0.25, -0.2) is 4.99 Å². The number of nitrogens with one attached hydrogen (secondary N) is 1. The Morgan fingerprint density at radius 1 is 1.27 bits per heavy atom. The van der Waals surface area contributed by atoms with Crippen molar-refractivity contribution >= 4 is 23.4 Å². The van der Waals surface area contributed by atoms with Crippen LogP contribution < -0.4 is 14.8 Å². The topological polar surface area (TPSA) is 112 Å². The molecule has 2 aromatic rings. The Hall–Kier alpha value is -3.50. The lowest BCUT2D eigenvalue weighted by molar-refractivity contribution is 0.0460. The van der Waals surface area contributed by atoms with Crippen molar-refractivity contribution in [1.82, 2.24) is 20.1 Å². The zero-order valence-electron chi connectivity index (χ0n) is 18.4. The lowest BCUT2D eigenvalue weighted by Crippen LogP contribution is -2.47. The number of likely N-dealkylation sites (tertiary alicyclic amines) is 1. The van der Waals surface area contributed by atoms with Gasteiger partial charge >= 0.3 is 0 Å². The van der Waals surface area contributed by atoms with Crippen molar-refractivity contribution in [2.75, 3.05) is 46.4 Å². The number of methoxy groups -OCH3 is 1. The summed E-state index contributed by atoms with van der Waals surface area (Å²) in [6, 6.07) is 7.09. The fourth-order valence-corrected chi connectivity index (χ4v) is 4.07. The molecule has 0 bridgehead atoms. The van der Waals surface area contributed by atoms with E-state index in [0.29, 0.717) is 48.3 Å². The fourth-order valence-electron chi connectivity index (χ4n) is 4.07. The van der Waals surface area contributed by atoms with Gasteiger partial charge in [-0.15, -0.1) is 0 Å². The van der Waals surface area contributed by atoms with Crippen LogP contribution in [-0.2, 0) is 0 Å². The average molecular weight is 450 g/mol. The van der Waals surface area contributed by atoms with E-state index in [-0.39, 0.29) is 12.5 Å². The van der Waals surface area contributed by atoms with E-state index in [4.69, 9.17) is 14.5 Å². The van der Waals surface area contributed by atoms with Crippen LogP contribution in [0.4, 0.5) is 5.69 Å². The number of nitrogens with zero attached hydrogens (tertiary/aromatic N) is 5. The molecule has 33 heavy (non-hydrogen) atoms. The molecule has 2 N–H and O–H groups in total. The van der Waals surface area contributed by atoms with E-state index >= 15 is 0 Å². The third kappa shape index (κ3) is 4.27. The Morgan fingerprint density at radius 2 is 2.15 bits per heavy atom. The maximum atomic E-state index is 12.7. The third-order valence-corrected chi connectivity index (χ3v) is 5.85. The number of β-amino-alcohol motifs (C(OH)–C–C–N with tert-alkyl or cyclic N) is 1. The molecule has 1 atom stereocenters. The number of benzene rings is 1. The van der Waals surface area contributed by atoms with E-state index in [9.17, 15) is 9.90 Å². The van der Waals surface area contributed by atoms with Crippen molar-refractivity contribution in [2.45, 2.75) is 12.5 Å². The summed E-state index contributed by atoms with van der Waals surface area (Å²) in [6.45, 7) is 3.97. The maximum Gasteiger partial charge on any atom is 0.259 e. The Kier molecular flexibility index (Phi) is 5.93. The summed E-state index contributed by atoms with van der Waals surface area (Å²) >= 11 is 0. The van der Waals surface area contributed by atoms with Crippen LogP contribution in [0.5, 0.6) is 11.5 Å². The number of aromatic nitrogens is 1. The predicted molar refractivity (Wildman–Crippen MR) is 122 cm³/mol. The average Bonchev–Trinajstić information content (AvgIpc) is 3.31. The number of aliphatic hydroxyl groups is 1. The second kappa shape index (κ2) is 9.16. The molecule has 10 nitrogen and oxygen atoms in total. The maximum absolute atomic E-state index is 12.7. The summed E-state index contributed by atoms with van der Waals surface area (Å²) in [5, 5.41) is 13.2. The number of carbonyl (C=O) groups excluding carboxylic acids is 1. The molecule has 1 amide bonds. The minimum absolute atomic E-state index is 0.146. The Morgan fingerprint density at radius 3 is 2.88 bits per heavy atom. The van der Waals surface area contributed by atoms with Crippen molar-refractivity contribution in [3.05, 3.63) is 47.8 Å². The number of hydrogen-bond donors (Lipinski definition) is 2. The molecule has 0 aliphatic carbocycles. The molecule has 1 saturated heterocycles. The third-order valence-electron chi connectivity index (χ3n) is 5.85. The molecule has 10 heteroatoms. The van der Waals surface area contributed by atoms with Gasteiger partial charge in [0.15, 0.2) is 11.5 Å². The van der Waals surface area contributed by atoms with Crippen LogP contribution in [0.15, 0.2) is 46.6 Å². The number of amidine groups is 1. The molecule has 1 aromatic heterocycles. The van der Waals surface area contributed by atoms with Gasteiger partial charge in [0.25, 0.3) is 5.91 Å². The van der Waals surface area contributed by atoms with Gasteiger partial charge < -0.3 is 19.5 Å². The number of hydrogen-bond acceptors (Lipinski definition) is 9. The molecule has 0 radical (unpaired) electrons. The van der Waals surface area contributed by atoms with Gasteiger partial charge in [-0.3, -0.25) is 25.0 Å². The van der Waals surface area contributed by atoms with E-state index in [1.165, 1.54) is 12.6 Å². The molecular formula is C23H26N6O4. The Bertz CT molecular complexity index is 1100. The number of rotatable bonds is 7. The van der Waals surface area contributed by atoms with E-state index in [2.05, 4.69) is 20.2 Å². The molecule has 1 fully saturated rings. The monoisotopic (exact) mass is 450 g/mol. The van der Waals surface area contributed by atoms with Crippen LogP contribution in [0.25, 0.3) is 0 Å². The number of amides is 1. The highest BCUT2D eigenvalue weighted by Crippen LogP contribution is 2.43. The van der Waals surface area contributed by atoms with Crippen molar-refractivity contribution in [1.29, 1.82) is 0 Å². The highest BCUT2D eigenvalue weighted by atomic mass is 16.5. The van der Waals surface area contributed by atoms with Gasteiger partial charge in [0, 0.05) is 31.0 Å². The van der Waals surface area contributed by atoms with Gasteiger partial charge in [0.1, 0.15) is 24.2 Å². The first-order valence-electron chi connectivity index (χ1n) is 11.0. The number of carbonyl (C=O) groups is 1. The molecule has 3 aliphatic rings. The quantitative estimate of drug-likeness (QED) is 0.648. The number of ether oxygens (including phenoxy) is 2. The molecule has 0 saturated carbocycles. The van der Waals surface area contributed by atoms with Crippen molar-refractivity contribution < 1.29 is 19.4 Å². The molecule has 4 heterocycles. The first-order valence-corrected chi connectivity index (χ1v) is 11.0. The summed E-state index contributed by atoms with van der Waals surface area (Å²) in [5.41, 5.74) is 1.77.